The van der Waals surface area contributed by atoms with E-state index in [4.69, 9.17) is 10.8 Å². The normalized spacial score (nSPS) is 16.5. The van der Waals surface area contributed by atoms with Gasteiger partial charge in [0.05, 0.1) is 11.4 Å². The molecule has 0 fully saturated rings. The van der Waals surface area contributed by atoms with E-state index in [2.05, 4.69) is 21.6 Å². The fraction of sp³-hybridized carbons (Fsp3) is 0.0625. The number of rotatable bonds is 3. The second-order valence-electron chi connectivity index (χ2n) is 4.85. The summed E-state index contributed by atoms with van der Waals surface area (Å²) in [5.74, 6) is -0.541. The van der Waals surface area contributed by atoms with Gasteiger partial charge < -0.3 is 26.4 Å². The second kappa shape index (κ2) is 5.69. The fourth-order valence-corrected chi connectivity index (χ4v) is 2.33. The van der Waals surface area contributed by atoms with Gasteiger partial charge in [-0.1, -0.05) is 0 Å². The summed E-state index contributed by atoms with van der Waals surface area (Å²) in [7, 11) is 0. The molecule has 1 aromatic rings. The van der Waals surface area contributed by atoms with Crippen molar-refractivity contribution < 1.29 is 9.90 Å². The van der Waals surface area contributed by atoms with Gasteiger partial charge in [-0.05, 0) is 42.5 Å². The van der Waals surface area contributed by atoms with Gasteiger partial charge in [0.2, 0.25) is 0 Å². The van der Waals surface area contributed by atoms with Crippen LogP contribution in [0.5, 0.6) is 0 Å². The Morgan fingerprint density at radius 1 is 1.36 bits per heavy atom. The predicted octanol–water partition coefficient (Wildman–Crippen LogP) is 1.69. The van der Waals surface area contributed by atoms with Crippen molar-refractivity contribution in [3.8, 4) is 0 Å². The number of allylic oxidation sites excluding steroid dienone is 2. The number of amides is 1. The van der Waals surface area contributed by atoms with Crippen molar-refractivity contribution in [2.24, 2.45) is 5.73 Å². The third-order valence-electron chi connectivity index (χ3n) is 3.43. The minimum Gasteiger partial charge on any atom is -0.513 e. The van der Waals surface area contributed by atoms with Crippen LogP contribution in [0.4, 0.5) is 11.4 Å². The lowest BCUT2D eigenvalue weighted by atomic mass is 10.2. The monoisotopic (exact) mass is 296 g/mol. The number of hydrogen-bond acceptors (Lipinski definition) is 5. The second-order valence-corrected chi connectivity index (χ2v) is 4.85. The van der Waals surface area contributed by atoms with Crippen molar-refractivity contribution in [2.75, 3.05) is 16.8 Å². The van der Waals surface area contributed by atoms with Crippen LogP contribution in [0.3, 0.4) is 0 Å². The van der Waals surface area contributed by atoms with E-state index >= 15 is 0 Å². The molecule has 6 heteroatoms. The third-order valence-corrected chi connectivity index (χ3v) is 3.43. The van der Waals surface area contributed by atoms with Crippen molar-refractivity contribution in [2.45, 2.75) is 0 Å². The van der Waals surface area contributed by atoms with Crippen LogP contribution in [0.25, 0.3) is 0 Å². The van der Waals surface area contributed by atoms with Gasteiger partial charge >= 0.3 is 0 Å². The lowest BCUT2D eigenvalue weighted by Crippen LogP contribution is -2.21. The molecule has 0 unspecified atom stereocenters. The summed E-state index contributed by atoms with van der Waals surface area (Å²) < 4.78 is 0. The average molecular weight is 296 g/mol. The molecule has 5 N–H and O–H groups in total. The number of benzene rings is 1. The van der Waals surface area contributed by atoms with Gasteiger partial charge in [0.15, 0.2) is 0 Å². The zero-order valence-corrected chi connectivity index (χ0v) is 11.8. The molecule has 0 aromatic heterocycles. The zero-order valence-electron chi connectivity index (χ0n) is 11.8. The molecule has 0 atom stereocenters. The number of carbonyl (C=O) groups is 1. The zero-order chi connectivity index (χ0) is 15.5. The average Bonchev–Trinajstić information content (AvgIpc) is 3.03. The summed E-state index contributed by atoms with van der Waals surface area (Å²) in [6, 6.07) is 7.38. The number of hydrogen-bond donors (Lipinski definition) is 4. The van der Waals surface area contributed by atoms with E-state index in [-0.39, 0.29) is 5.70 Å². The first-order valence-corrected chi connectivity index (χ1v) is 6.82. The molecule has 112 valence electrons. The number of carbonyl (C=O) groups excluding carboxylic acids is 1. The number of aliphatic hydroxyl groups excluding tert-OH is 1. The van der Waals surface area contributed by atoms with E-state index in [9.17, 15) is 4.79 Å². The molecule has 22 heavy (non-hydrogen) atoms. The van der Waals surface area contributed by atoms with Crippen LogP contribution in [0, 0.1) is 0 Å². The summed E-state index contributed by atoms with van der Waals surface area (Å²) in [5.41, 5.74) is 8.90. The minimum absolute atomic E-state index is 0.236. The van der Waals surface area contributed by atoms with E-state index in [0.717, 1.165) is 23.6 Å². The van der Waals surface area contributed by atoms with Crippen LogP contribution in [-0.2, 0) is 4.79 Å². The van der Waals surface area contributed by atoms with E-state index in [0.29, 0.717) is 11.9 Å². The largest absolute Gasteiger partial charge is 0.513 e. The maximum absolute atomic E-state index is 11.6. The Labute approximate surface area is 127 Å². The van der Waals surface area contributed by atoms with Crippen molar-refractivity contribution in [1.82, 2.24) is 5.32 Å². The highest BCUT2D eigenvalue weighted by Gasteiger charge is 2.19. The Morgan fingerprint density at radius 3 is 2.86 bits per heavy atom. The van der Waals surface area contributed by atoms with Crippen LogP contribution >= 0.6 is 0 Å². The van der Waals surface area contributed by atoms with Gasteiger partial charge in [-0.3, -0.25) is 4.79 Å². The number of nitrogens with zero attached hydrogens (tertiary/aromatic N) is 1. The van der Waals surface area contributed by atoms with E-state index in [1.165, 1.54) is 0 Å². The lowest BCUT2D eigenvalue weighted by molar-refractivity contribution is -0.113. The standard InChI is InChI=1S/C16H16N4O2/c17-13(10-21)16(22)19-11-3-5-12(6-4-11)20-9-1-2-14-15(20)7-8-18-14/h1-7,9-10,18,21H,8,17H2,(H,19,22). The van der Waals surface area contributed by atoms with Crippen molar-refractivity contribution in [1.29, 1.82) is 0 Å². The Bertz CT molecular complexity index is 714. The summed E-state index contributed by atoms with van der Waals surface area (Å²) in [6.07, 6.45) is 8.71. The summed E-state index contributed by atoms with van der Waals surface area (Å²) in [6.45, 7) is 0.820. The molecule has 0 spiro atoms. The first kappa shape index (κ1) is 13.8. The molecule has 0 bridgehead atoms. The van der Waals surface area contributed by atoms with E-state index in [1.807, 2.05) is 30.5 Å². The molecular weight excluding hydrogens is 280 g/mol. The molecule has 2 heterocycles. The molecule has 1 aromatic carbocycles. The highest BCUT2D eigenvalue weighted by molar-refractivity contribution is 6.02. The minimum atomic E-state index is -0.541. The molecule has 0 saturated carbocycles. The number of nitrogens with two attached hydrogens (primary N) is 1. The molecule has 6 nitrogen and oxygen atoms in total. The van der Waals surface area contributed by atoms with Gasteiger partial charge in [0.25, 0.3) is 5.91 Å². The molecule has 0 aliphatic carbocycles. The Morgan fingerprint density at radius 2 is 2.14 bits per heavy atom. The number of aliphatic hydroxyl groups is 1. The topological polar surface area (TPSA) is 90.6 Å². The quantitative estimate of drug-likeness (QED) is 0.503. The van der Waals surface area contributed by atoms with Crippen LogP contribution in [0.2, 0.25) is 0 Å². The molecule has 3 rings (SSSR count). The Kier molecular flexibility index (Phi) is 3.57. The number of fused-ring (bicyclic) bond motifs is 1. The van der Waals surface area contributed by atoms with Crippen LogP contribution in [0.15, 0.2) is 72.0 Å². The maximum atomic E-state index is 11.6. The van der Waals surface area contributed by atoms with Gasteiger partial charge in [0.1, 0.15) is 12.0 Å². The fourth-order valence-electron chi connectivity index (χ4n) is 2.33. The number of nitrogens with one attached hydrogen (secondary N) is 2. The van der Waals surface area contributed by atoms with Crippen LogP contribution in [-0.4, -0.2) is 17.6 Å². The SMILES string of the molecule is NC(=CO)C(=O)Nc1ccc(N2C=CC=C3NCC=C32)cc1. The Balaban J connectivity index is 1.76. The summed E-state index contributed by atoms with van der Waals surface area (Å²) in [5, 5.41) is 14.6. The third kappa shape index (κ3) is 2.54. The molecule has 2 aliphatic heterocycles. The van der Waals surface area contributed by atoms with E-state index < -0.39 is 5.91 Å². The Hall–Kier alpha value is -3.15. The summed E-state index contributed by atoms with van der Waals surface area (Å²) in [4.78, 5) is 13.6. The van der Waals surface area contributed by atoms with Crippen LogP contribution < -0.4 is 21.3 Å². The van der Waals surface area contributed by atoms with Crippen molar-refractivity contribution in [3.63, 3.8) is 0 Å². The lowest BCUT2D eigenvalue weighted by Gasteiger charge is -2.25. The summed E-state index contributed by atoms with van der Waals surface area (Å²) >= 11 is 0. The molecule has 2 aliphatic rings. The predicted molar refractivity (Wildman–Crippen MR) is 85.8 cm³/mol. The maximum Gasteiger partial charge on any atom is 0.274 e. The van der Waals surface area contributed by atoms with Crippen LogP contribution in [0.1, 0.15) is 0 Å². The van der Waals surface area contributed by atoms with Crippen molar-refractivity contribution >= 4 is 17.3 Å². The highest BCUT2D eigenvalue weighted by Crippen LogP contribution is 2.29. The van der Waals surface area contributed by atoms with Crippen molar-refractivity contribution in [3.05, 3.63) is 72.0 Å². The molecule has 1 amide bonds. The molecule has 0 saturated heterocycles. The van der Waals surface area contributed by atoms with Gasteiger partial charge in [-0.25, -0.2) is 0 Å². The van der Waals surface area contributed by atoms with Gasteiger partial charge in [-0.2, -0.15) is 0 Å². The highest BCUT2D eigenvalue weighted by atomic mass is 16.2. The van der Waals surface area contributed by atoms with E-state index in [1.54, 1.807) is 12.1 Å². The first-order chi connectivity index (χ1) is 10.7. The molecule has 0 radical (unpaired) electrons. The first-order valence-electron chi connectivity index (χ1n) is 6.82. The number of anilines is 2. The smallest absolute Gasteiger partial charge is 0.274 e. The van der Waals surface area contributed by atoms with Gasteiger partial charge in [0, 0.05) is 24.1 Å². The van der Waals surface area contributed by atoms with Gasteiger partial charge in [-0.15, -0.1) is 0 Å². The molecular formula is C16H16N4O2.